The van der Waals surface area contributed by atoms with E-state index in [0.29, 0.717) is 6.04 Å². The van der Waals surface area contributed by atoms with E-state index in [1.54, 1.807) is 11.1 Å². The molecular weight excluding hydrogens is 208 g/mol. The third kappa shape index (κ3) is 2.12. The van der Waals surface area contributed by atoms with Crippen molar-refractivity contribution in [2.75, 3.05) is 33.2 Å². The summed E-state index contributed by atoms with van der Waals surface area (Å²) in [5.74, 6) is 0. The smallest absolute Gasteiger partial charge is 0.0355 e. The molecule has 2 heteroatoms. The number of hydrogen-bond acceptors (Lipinski definition) is 2. The second-order valence-electron chi connectivity index (χ2n) is 5.60. The minimum atomic E-state index is 0.694. The van der Waals surface area contributed by atoms with Gasteiger partial charge in [-0.2, -0.15) is 0 Å². The van der Waals surface area contributed by atoms with Gasteiger partial charge in [0.05, 0.1) is 0 Å². The first-order chi connectivity index (χ1) is 8.24. The number of benzene rings is 1. The van der Waals surface area contributed by atoms with Crippen molar-refractivity contribution in [3.8, 4) is 0 Å². The number of rotatable bonds is 1. The SMILES string of the molecule is Cc1ccc2c(c1)CCC2N1CCN(C)CC1. The fourth-order valence-electron chi connectivity index (χ4n) is 3.24. The highest BCUT2D eigenvalue weighted by Gasteiger charge is 2.29. The van der Waals surface area contributed by atoms with Crippen molar-refractivity contribution in [1.29, 1.82) is 0 Å². The summed E-state index contributed by atoms with van der Waals surface area (Å²) in [7, 11) is 2.23. The summed E-state index contributed by atoms with van der Waals surface area (Å²) in [5, 5.41) is 0. The molecule has 0 radical (unpaired) electrons. The van der Waals surface area contributed by atoms with Crippen LogP contribution in [0.4, 0.5) is 0 Å². The molecule has 17 heavy (non-hydrogen) atoms. The molecule has 0 amide bonds. The van der Waals surface area contributed by atoms with E-state index in [9.17, 15) is 0 Å². The molecule has 1 aliphatic heterocycles. The fourth-order valence-corrected chi connectivity index (χ4v) is 3.24. The van der Waals surface area contributed by atoms with Gasteiger partial charge < -0.3 is 4.90 Å². The standard InChI is InChI=1S/C15H22N2/c1-12-3-5-14-13(11-12)4-6-15(14)17-9-7-16(2)8-10-17/h3,5,11,15H,4,6-10H2,1-2H3. The molecular formula is C15H22N2. The zero-order valence-corrected chi connectivity index (χ0v) is 10.9. The van der Waals surface area contributed by atoms with E-state index >= 15 is 0 Å². The monoisotopic (exact) mass is 230 g/mol. The molecule has 1 atom stereocenters. The van der Waals surface area contributed by atoms with Gasteiger partial charge in [0.2, 0.25) is 0 Å². The van der Waals surface area contributed by atoms with E-state index < -0.39 is 0 Å². The molecule has 3 rings (SSSR count). The highest BCUT2D eigenvalue weighted by Crippen LogP contribution is 2.36. The second kappa shape index (κ2) is 4.43. The normalized spacial score (nSPS) is 26.1. The summed E-state index contributed by atoms with van der Waals surface area (Å²) in [6.07, 6.45) is 2.59. The summed E-state index contributed by atoms with van der Waals surface area (Å²) in [4.78, 5) is 5.11. The predicted octanol–water partition coefficient (Wildman–Crippen LogP) is 2.23. The Hall–Kier alpha value is -0.860. The Balaban J connectivity index is 1.79. The zero-order chi connectivity index (χ0) is 11.8. The number of piperazine rings is 1. The van der Waals surface area contributed by atoms with Crippen LogP contribution in [0.1, 0.15) is 29.2 Å². The van der Waals surface area contributed by atoms with Gasteiger partial charge in [0, 0.05) is 32.2 Å². The molecule has 0 N–H and O–H groups in total. The van der Waals surface area contributed by atoms with Crippen LogP contribution in [0.2, 0.25) is 0 Å². The second-order valence-corrected chi connectivity index (χ2v) is 5.60. The molecule has 1 aromatic rings. The first-order valence-corrected chi connectivity index (χ1v) is 6.76. The largest absolute Gasteiger partial charge is 0.304 e. The minimum absolute atomic E-state index is 0.694. The van der Waals surface area contributed by atoms with Gasteiger partial charge in [-0.3, -0.25) is 4.90 Å². The van der Waals surface area contributed by atoms with Gasteiger partial charge in [0.15, 0.2) is 0 Å². The van der Waals surface area contributed by atoms with Crippen LogP contribution in [0.15, 0.2) is 18.2 Å². The maximum Gasteiger partial charge on any atom is 0.0355 e. The van der Waals surface area contributed by atoms with Gasteiger partial charge in [0.1, 0.15) is 0 Å². The van der Waals surface area contributed by atoms with Crippen LogP contribution in [-0.2, 0) is 6.42 Å². The Kier molecular flexibility index (Phi) is 2.93. The zero-order valence-electron chi connectivity index (χ0n) is 10.9. The highest BCUT2D eigenvalue weighted by molar-refractivity contribution is 5.37. The van der Waals surface area contributed by atoms with Crippen LogP contribution >= 0.6 is 0 Å². The molecule has 1 saturated heterocycles. The number of aryl methyl sites for hydroxylation is 2. The Labute approximate surface area is 104 Å². The molecule has 1 heterocycles. The van der Waals surface area contributed by atoms with Gasteiger partial charge >= 0.3 is 0 Å². The van der Waals surface area contributed by atoms with Gasteiger partial charge in [-0.25, -0.2) is 0 Å². The maximum absolute atomic E-state index is 2.68. The van der Waals surface area contributed by atoms with Crippen molar-refractivity contribution in [2.45, 2.75) is 25.8 Å². The van der Waals surface area contributed by atoms with Crippen LogP contribution in [-0.4, -0.2) is 43.0 Å². The van der Waals surface area contributed by atoms with Crippen LogP contribution in [0.5, 0.6) is 0 Å². The molecule has 2 aliphatic rings. The summed E-state index contributed by atoms with van der Waals surface area (Å²) in [6, 6.07) is 7.71. The van der Waals surface area contributed by atoms with Crippen LogP contribution in [0, 0.1) is 6.92 Å². The lowest BCUT2D eigenvalue weighted by molar-refractivity contribution is 0.111. The molecule has 0 bridgehead atoms. The molecule has 1 aromatic carbocycles. The average Bonchev–Trinajstić information content (AvgIpc) is 2.73. The van der Waals surface area contributed by atoms with Gasteiger partial charge in [-0.15, -0.1) is 0 Å². The molecule has 2 nitrogen and oxygen atoms in total. The number of hydrogen-bond donors (Lipinski definition) is 0. The number of fused-ring (bicyclic) bond motifs is 1. The van der Waals surface area contributed by atoms with Gasteiger partial charge in [-0.05, 0) is 37.9 Å². The van der Waals surface area contributed by atoms with Crippen LogP contribution in [0.3, 0.4) is 0 Å². The summed E-state index contributed by atoms with van der Waals surface area (Å²) >= 11 is 0. The van der Waals surface area contributed by atoms with E-state index in [1.807, 2.05) is 0 Å². The lowest BCUT2D eigenvalue weighted by Crippen LogP contribution is -2.45. The maximum atomic E-state index is 2.68. The highest BCUT2D eigenvalue weighted by atomic mass is 15.3. The minimum Gasteiger partial charge on any atom is -0.304 e. The lowest BCUT2D eigenvalue weighted by atomic mass is 10.0. The average molecular weight is 230 g/mol. The first kappa shape index (κ1) is 11.2. The van der Waals surface area contributed by atoms with Crippen molar-refractivity contribution in [1.82, 2.24) is 9.80 Å². The van der Waals surface area contributed by atoms with E-state index in [1.165, 1.54) is 44.6 Å². The van der Waals surface area contributed by atoms with E-state index in [2.05, 4.69) is 42.0 Å². The van der Waals surface area contributed by atoms with Gasteiger partial charge in [0.25, 0.3) is 0 Å². The van der Waals surface area contributed by atoms with Crippen molar-refractivity contribution >= 4 is 0 Å². The van der Waals surface area contributed by atoms with Crippen LogP contribution in [0.25, 0.3) is 0 Å². The molecule has 1 fully saturated rings. The number of likely N-dealkylation sites (N-methyl/N-ethyl adjacent to an activating group) is 1. The lowest BCUT2D eigenvalue weighted by Gasteiger charge is -2.36. The molecule has 1 unspecified atom stereocenters. The summed E-state index contributed by atoms with van der Waals surface area (Å²) in [6.45, 7) is 7.10. The third-order valence-electron chi connectivity index (χ3n) is 4.32. The molecule has 92 valence electrons. The van der Waals surface area contributed by atoms with Crippen molar-refractivity contribution in [3.63, 3.8) is 0 Å². The Morgan fingerprint density at radius 2 is 1.88 bits per heavy atom. The fraction of sp³-hybridized carbons (Fsp3) is 0.600. The van der Waals surface area contributed by atoms with Crippen molar-refractivity contribution < 1.29 is 0 Å². The summed E-state index contributed by atoms with van der Waals surface area (Å²) < 4.78 is 0. The number of nitrogens with zero attached hydrogens (tertiary/aromatic N) is 2. The Morgan fingerprint density at radius 3 is 2.65 bits per heavy atom. The predicted molar refractivity (Wildman–Crippen MR) is 71.3 cm³/mol. The van der Waals surface area contributed by atoms with Gasteiger partial charge in [-0.1, -0.05) is 23.8 Å². The molecule has 0 aromatic heterocycles. The van der Waals surface area contributed by atoms with E-state index in [-0.39, 0.29) is 0 Å². The van der Waals surface area contributed by atoms with Crippen molar-refractivity contribution in [3.05, 3.63) is 34.9 Å². The molecule has 0 spiro atoms. The third-order valence-corrected chi connectivity index (χ3v) is 4.32. The molecule has 0 saturated carbocycles. The molecule has 1 aliphatic carbocycles. The topological polar surface area (TPSA) is 6.48 Å². The summed E-state index contributed by atoms with van der Waals surface area (Å²) in [5.41, 5.74) is 4.59. The quantitative estimate of drug-likeness (QED) is 0.730. The Bertz CT molecular complexity index is 405. The first-order valence-electron chi connectivity index (χ1n) is 6.76. The van der Waals surface area contributed by atoms with E-state index in [4.69, 9.17) is 0 Å². The van der Waals surface area contributed by atoms with E-state index in [0.717, 1.165) is 0 Å². The van der Waals surface area contributed by atoms with Crippen molar-refractivity contribution in [2.24, 2.45) is 0 Å². The Morgan fingerprint density at radius 1 is 1.12 bits per heavy atom. The van der Waals surface area contributed by atoms with Crippen LogP contribution < -0.4 is 0 Å².